The highest BCUT2D eigenvalue weighted by atomic mass is 16.5. The Hall–Kier alpha value is -1.66. The van der Waals surface area contributed by atoms with E-state index >= 15 is 0 Å². The number of ether oxygens (including phenoxy) is 2. The van der Waals surface area contributed by atoms with Crippen LogP contribution in [0.15, 0.2) is 18.3 Å². The second kappa shape index (κ2) is 5.85. The van der Waals surface area contributed by atoms with Gasteiger partial charge in [-0.05, 0) is 6.07 Å². The molecule has 1 amide bonds. The van der Waals surface area contributed by atoms with Crippen LogP contribution in [0.25, 0.3) is 0 Å². The molecule has 2 aliphatic rings. The van der Waals surface area contributed by atoms with Gasteiger partial charge < -0.3 is 14.4 Å². The van der Waals surface area contributed by atoms with Gasteiger partial charge in [0.2, 0.25) is 11.8 Å². The standard InChI is InChI=1S/C16H23N3O3/c1-18(2)15(20)16-10-19(8-13(16)9-22-11-16)7-12-5-4-6-17-14(12)21-3/h4-6,13H,7-11H2,1-3H3/t13-,16-/m1/s1. The smallest absolute Gasteiger partial charge is 0.232 e. The minimum absolute atomic E-state index is 0.177. The summed E-state index contributed by atoms with van der Waals surface area (Å²) in [5.74, 6) is 1.10. The zero-order chi connectivity index (χ0) is 15.7. The van der Waals surface area contributed by atoms with Crippen molar-refractivity contribution in [1.82, 2.24) is 14.8 Å². The Morgan fingerprint density at radius 3 is 3.14 bits per heavy atom. The van der Waals surface area contributed by atoms with Crippen LogP contribution in [0.3, 0.4) is 0 Å². The van der Waals surface area contributed by atoms with Crippen molar-refractivity contribution in [2.75, 3.05) is 47.5 Å². The third-order valence-electron chi connectivity index (χ3n) is 4.71. The number of carbonyl (C=O) groups is 1. The molecule has 6 nitrogen and oxygen atoms in total. The lowest BCUT2D eigenvalue weighted by atomic mass is 9.80. The Kier molecular flexibility index (Phi) is 4.06. The lowest BCUT2D eigenvalue weighted by Crippen LogP contribution is -2.46. The molecule has 6 heteroatoms. The fourth-order valence-corrected chi connectivity index (χ4v) is 3.68. The molecule has 1 aromatic heterocycles. The van der Waals surface area contributed by atoms with Crippen LogP contribution < -0.4 is 4.74 Å². The molecule has 0 N–H and O–H groups in total. The SMILES string of the molecule is COc1ncccc1CN1C[C@@H]2COC[C@]2(C(=O)N(C)C)C1. The summed E-state index contributed by atoms with van der Waals surface area (Å²) in [6, 6.07) is 3.94. The molecular formula is C16H23N3O3. The Morgan fingerprint density at radius 2 is 2.41 bits per heavy atom. The molecule has 120 valence electrons. The summed E-state index contributed by atoms with van der Waals surface area (Å²) in [4.78, 5) is 20.9. The van der Waals surface area contributed by atoms with E-state index in [1.807, 2.05) is 26.2 Å². The summed E-state index contributed by atoms with van der Waals surface area (Å²) in [5, 5.41) is 0. The molecule has 2 atom stereocenters. The summed E-state index contributed by atoms with van der Waals surface area (Å²) in [6.07, 6.45) is 1.73. The van der Waals surface area contributed by atoms with Crippen molar-refractivity contribution < 1.29 is 14.3 Å². The lowest BCUT2D eigenvalue weighted by Gasteiger charge is -2.29. The second-order valence-electron chi connectivity index (χ2n) is 6.41. The van der Waals surface area contributed by atoms with Crippen molar-refractivity contribution >= 4 is 5.91 Å². The van der Waals surface area contributed by atoms with E-state index in [0.717, 1.165) is 25.2 Å². The topological polar surface area (TPSA) is 54.9 Å². The van der Waals surface area contributed by atoms with E-state index in [2.05, 4.69) is 9.88 Å². The number of fused-ring (bicyclic) bond motifs is 1. The Labute approximate surface area is 131 Å². The lowest BCUT2D eigenvalue weighted by molar-refractivity contribution is -0.140. The van der Waals surface area contributed by atoms with E-state index in [-0.39, 0.29) is 17.2 Å². The van der Waals surface area contributed by atoms with Gasteiger partial charge in [-0.3, -0.25) is 9.69 Å². The molecule has 1 aromatic rings. The normalized spacial score (nSPS) is 27.7. The van der Waals surface area contributed by atoms with Crippen LogP contribution in [-0.2, 0) is 16.1 Å². The van der Waals surface area contributed by atoms with E-state index in [9.17, 15) is 4.79 Å². The van der Waals surface area contributed by atoms with Crippen LogP contribution >= 0.6 is 0 Å². The average molecular weight is 305 g/mol. The predicted octanol–water partition coefficient (Wildman–Crippen LogP) is 0.627. The first-order valence-electron chi connectivity index (χ1n) is 7.56. The summed E-state index contributed by atoms with van der Waals surface area (Å²) in [7, 11) is 5.27. The number of pyridine rings is 1. The molecule has 22 heavy (non-hydrogen) atoms. The number of likely N-dealkylation sites (tertiary alicyclic amines) is 1. The number of hydrogen-bond acceptors (Lipinski definition) is 5. The maximum atomic E-state index is 12.7. The fourth-order valence-electron chi connectivity index (χ4n) is 3.68. The zero-order valence-corrected chi connectivity index (χ0v) is 13.4. The summed E-state index contributed by atoms with van der Waals surface area (Å²) < 4.78 is 10.9. The first-order valence-corrected chi connectivity index (χ1v) is 7.56. The molecule has 0 saturated carbocycles. The Balaban J connectivity index is 1.77. The maximum absolute atomic E-state index is 12.7. The van der Waals surface area contributed by atoms with E-state index in [1.54, 1.807) is 18.2 Å². The maximum Gasteiger partial charge on any atom is 0.232 e. The number of aromatic nitrogens is 1. The summed E-state index contributed by atoms with van der Waals surface area (Å²) >= 11 is 0. The van der Waals surface area contributed by atoms with Gasteiger partial charge in [-0.25, -0.2) is 4.98 Å². The van der Waals surface area contributed by atoms with Crippen LogP contribution in [0.4, 0.5) is 0 Å². The molecule has 2 saturated heterocycles. The monoisotopic (exact) mass is 305 g/mol. The Bertz CT molecular complexity index is 563. The van der Waals surface area contributed by atoms with Gasteiger partial charge in [0.25, 0.3) is 0 Å². The summed E-state index contributed by atoms with van der Waals surface area (Å²) in [6.45, 7) is 3.54. The van der Waals surface area contributed by atoms with Gasteiger partial charge >= 0.3 is 0 Å². The molecule has 0 aromatic carbocycles. The number of rotatable bonds is 4. The van der Waals surface area contributed by atoms with Crippen LogP contribution in [0.2, 0.25) is 0 Å². The number of methoxy groups -OCH3 is 1. The Morgan fingerprint density at radius 1 is 1.59 bits per heavy atom. The number of carbonyl (C=O) groups excluding carboxylic acids is 1. The fraction of sp³-hybridized carbons (Fsp3) is 0.625. The predicted molar refractivity (Wildman–Crippen MR) is 81.5 cm³/mol. The molecule has 0 bridgehead atoms. The highest BCUT2D eigenvalue weighted by Gasteiger charge is 2.56. The van der Waals surface area contributed by atoms with Crippen molar-refractivity contribution in [3.05, 3.63) is 23.9 Å². The number of amides is 1. The molecule has 2 aliphatic heterocycles. The van der Waals surface area contributed by atoms with E-state index in [1.165, 1.54) is 0 Å². The van der Waals surface area contributed by atoms with Crippen LogP contribution in [-0.4, -0.2) is 68.2 Å². The molecular weight excluding hydrogens is 282 g/mol. The largest absolute Gasteiger partial charge is 0.481 e. The minimum atomic E-state index is -0.390. The van der Waals surface area contributed by atoms with Gasteiger partial charge in [-0.2, -0.15) is 0 Å². The number of hydrogen-bond donors (Lipinski definition) is 0. The van der Waals surface area contributed by atoms with Gasteiger partial charge in [0, 0.05) is 51.4 Å². The van der Waals surface area contributed by atoms with Gasteiger partial charge in [0.1, 0.15) is 0 Å². The van der Waals surface area contributed by atoms with Crippen molar-refractivity contribution in [3.8, 4) is 5.88 Å². The molecule has 3 heterocycles. The van der Waals surface area contributed by atoms with E-state index in [0.29, 0.717) is 19.1 Å². The van der Waals surface area contributed by atoms with Gasteiger partial charge in [-0.1, -0.05) is 6.07 Å². The highest BCUT2D eigenvalue weighted by molar-refractivity contribution is 5.84. The van der Waals surface area contributed by atoms with Crippen LogP contribution in [0.5, 0.6) is 5.88 Å². The third kappa shape index (κ3) is 2.46. The van der Waals surface area contributed by atoms with Crippen LogP contribution in [0, 0.1) is 11.3 Å². The first-order chi connectivity index (χ1) is 10.6. The van der Waals surface area contributed by atoms with Gasteiger partial charge in [0.15, 0.2) is 0 Å². The van der Waals surface area contributed by atoms with E-state index < -0.39 is 0 Å². The van der Waals surface area contributed by atoms with Crippen molar-refractivity contribution in [2.45, 2.75) is 6.54 Å². The molecule has 0 radical (unpaired) electrons. The average Bonchev–Trinajstić information content (AvgIpc) is 3.04. The molecule has 3 rings (SSSR count). The van der Waals surface area contributed by atoms with E-state index in [4.69, 9.17) is 9.47 Å². The van der Waals surface area contributed by atoms with Crippen molar-refractivity contribution in [2.24, 2.45) is 11.3 Å². The van der Waals surface area contributed by atoms with Gasteiger partial charge in [0.05, 0.1) is 25.7 Å². The zero-order valence-electron chi connectivity index (χ0n) is 13.4. The molecule has 0 spiro atoms. The molecule has 0 aliphatic carbocycles. The quantitative estimate of drug-likeness (QED) is 0.816. The van der Waals surface area contributed by atoms with Crippen molar-refractivity contribution in [3.63, 3.8) is 0 Å². The third-order valence-corrected chi connectivity index (χ3v) is 4.71. The summed E-state index contributed by atoms with van der Waals surface area (Å²) in [5.41, 5.74) is 0.664. The highest BCUT2D eigenvalue weighted by Crippen LogP contribution is 2.43. The first kappa shape index (κ1) is 15.2. The minimum Gasteiger partial charge on any atom is -0.481 e. The molecule has 0 unspecified atom stereocenters. The molecule has 2 fully saturated rings. The number of nitrogens with zero attached hydrogens (tertiary/aromatic N) is 3. The second-order valence-corrected chi connectivity index (χ2v) is 6.41. The van der Waals surface area contributed by atoms with Crippen LogP contribution in [0.1, 0.15) is 5.56 Å². The van der Waals surface area contributed by atoms with Gasteiger partial charge in [-0.15, -0.1) is 0 Å². The van der Waals surface area contributed by atoms with Crippen molar-refractivity contribution in [1.29, 1.82) is 0 Å².